The minimum Gasteiger partial charge on any atom is -0.454 e. The summed E-state index contributed by atoms with van der Waals surface area (Å²) in [4.78, 5) is 6.71. The van der Waals surface area contributed by atoms with E-state index in [1.165, 1.54) is 0 Å². The molecule has 1 saturated heterocycles. The van der Waals surface area contributed by atoms with Gasteiger partial charge in [0.2, 0.25) is 0 Å². The minimum absolute atomic E-state index is 0.230. The number of aliphatic hydroxyl groups is 1. The molecule has 6 heteroatoms. The highest BCUT2D eigenvalue weighted by Gasteiger charge is 2.21. The van der Waals surface area contributed by atoms with Crippen LogP contribution in [0.15, 0.2) is 53.1 Å². The Morgan fingerprint density at radius 3 is 3.00 bits per heavy atom. The van der Waals surface area contributed by atoms with Gasteiger partial charge in [0, 0.05) is 25.1 Å². The van der Waals surface area contributed by atoms with Crippen LogP contribution in [0, 0.1) is 5.92 Å². The first-order chi connectivity index (χ1) is 12.8. The van der Waals surface area contributed by atoms with E-state index in [1.807, 2.05) is 47.0 Å². The number of aliphatic hydroxyl groups excluding tert-OH is 1. The highest BCUT2D eigenvalue weighted by Crippen LogP contribution is 2.29. The summed E-state index contributed by atoms with van der Waals surface area (Å²) in [5.41, 5.74) is 2.49. The molecule has 1 N–H and O–H groups in total. The van der Waals surface area contributed by atoms with Crippen molar-refractivity contribution in [2.24, 2.45) is 5.92 Å². The number of piperidine rings is 1. The third-order valence-electron chi connectivity index (χ3n) is 5.13. The number of benzene rings is 1. The third-order valence-corrected chi connectivity index (χ3v) is 5.13. The molecule has 26 heavy (non-hydrogen) atoms. The summed E-state index contributed by atoms with van der Waals surface area (Å²) in [6.45, 7) is 2.03. The number of aromatic nitrogens is 3. The van der Waals surface area contributed by atoms with E-state index in [2.05, 4.69) is 9.88 Å². The number of hydrogen-bond donors (Lipinski definition) is 1. The van der Waals surface area contributed by atoms with Crippen molar-refractivity contribution in [3.05, 3.63) is 48.7 Å². The lowest BCUT2D eigenvalue weighted by Gasteiger charge is -2.32. The number of para-hydroxylation sites is 1. The predicted octanol–water partition coefficient (Wildman–Crippen LogP) is 3.35. The van der Waals surface area contributed by atoms with E-state index in [4.69, 9.17) is 9.52 Å². The van der Waals surface area contributed by atoms with Crippen molar-refractivity contribution in [2.75, 3.05) is 24.6 Å². The summed E-state index contributed by atoms with van der Waals surface area (Å²) in [5.74, 6) is 1.99. The maximum atomic E-state index is 9.48. The van der Waals surface area contributed by atoms with E-state index in [0.717, 1.165) is 59.8 Å². The van der Waals surface area contributed by atoms with Gasteiger partial charge in [0.05, 0.1) is 6.20 Å². The molecule has 0 unspecified atom stereocenters. The highest BCUT2D eigenvalue weighted by atomic mass is 16.3. The molecule has 5 rings (SSSR count). The Labute approximate surface area is 150 Å². The molecule has 3 aromatic heterocycles. The van der Waals surface area contributed by atoms with Gasteiger partial charge in [-0.3, -0.25) is 0 Å². The zero-order valence-electron chi connectivity index (χ0n) is 14.4. The van der Waals surface area contributed by atoms with Gasteiger partial charge in [-0.05, 0) is 43.0 Å². The second-order valence-corrected chi connectivity index (χ2v) is 6.89. The lowest BCUT2D eigenvalue weighted by molar-refractivity contribution is 0.208. The van der Waals surface area contributed by atoms with Crippen LogP contribution in [-0.2, 0) is 0 Å². The Balaban J connectivity index is 1.56. The summed E-state index contributed by atoms with van der Waals surface area (Å²) >= 11 is 0. The summed E-state index contributed by atoms with van der Waals surface area (Å²) in [7, 11) is 0. The molecule has 1 aliphatic heterocycles. The van der Waals surface area contributed by atoms with Gasteiger partial charge in [-0.15, -0.1) is 5.10 Å². The maximum Gasteiger partial charge on any atom is 0.155 e. The number of rotatable bonds is 3. The van der Waals surface area contributed by atoms with E-state index < -0.39 is 0 Å². The smallest absolute Gasteiger partial charge is 0.155 e. The Hall–Kier alpha value is -2.86. The number of nitrogens with zero attached hydrogens (tertiary/aromatic N) is 4. The molecule has 0 bridgehead atoms. The molecule has 4 aromatic rings. The molecular formula is C20H20N4O2. The topological polar surface area (TPSA) is 66.8 Å². The van der Waals surface area contributed by atoms with Crippen molar-refractivity contribution in [3.63, 3.8) is 0 Å². The summed E-state index contributed by atoms with van der Waals surface area (Å²) in [6, 6.07) is 14.0. The molecule has 0 saturated carbocycles. The van der Waals surface area contributed by atoms with Gasteiger partial charge in [-0.2, -0.15) is 0 Å². The molecule has 6 nitrogen and oxygen atoms in total. The maximum absolute atomic E-state index is 9.48. The van der Waals surface area contributed by atoms with Crippen molar-refractivity contribution in [1.29, 1.82) is 0 Å². The normalized spacial score (nSPS) is 18.0. The molecule has 1 aromatic carbocycles. The van der Waals surface area contributed by atoms with Gasteiger partial charge < -0.3 is 14.4 Å². The van der Waals surface area contributed by atoms with Crippen molar-refractivity contribution in [3.8, 4) is 11.5 Å². The molecule has 0 radical (unpaired) electrons. The van der Waals surface area contributed by atoms with E-state index in [1.54, 1.807) is 6.20 Å². The number of furan rings is 1. The third kappa shape index (κ3) is 2.54. The fourth-order valence-electron chi connectivity index (χ4n) is 3.73. The van der Waals surface area contributed by atoms with Crippen molar-refractivity contribution in [1.82, 2.24) is 14.6 Å². The fourth-order valence-corrected chi connectivity index (χ4v) is 3.73. The highest BCUT2D eigenvalue weighted by molar-refractivity contribution is 5.82. The van der Waals surface area contributed by atoms with Crippen LogP contribution in [0.25, 0.3) is 28.1 Å². The van der Waals surface area contributed by atoms with Crippen LogP contribution in [-0.4, -0.2) is 39.4 Å². The van der Waals surface area contributed by atoms with Crippen LogP contribution in [0.4, 0.5) is 5.82 Å². The first-order valence-electron chi connectivity index (χ1n) is 9.01. The fraction of sp³-hybridized carbons (Fsp3) is 0.300. The summed E-state index contributed by atoms with van der Waals surface area (Å²) in [5, 5.41) is 15.4. The molecular weight excluding hydrogens is 328 g/mol. The second-order valence-electron chi connectivity index (χ2n) is 6.89. The van der Waals surface area contributed by atoms with Crippen molar-refractivity contribution < 1.29 is 9.52 Å². The lowest BCUT2D eigenvalue weighted by Crippen LogP contribution is -2.37. The molecule has 1 aliphatic rings. The Kier molecular flexibility index (Phi) is 3.64. The standard InChI is InChI=1S/C20H20N4O2/c25-13-14-4-3-9-23(12-14)20-8-7-19-21-11-16(24(19)22-20)18-10-15-5-1-2-6-17(15)26-18/h1-2,5-8,10-11,14,25H,3-4,9,12-13H2/t14-/m0/s1. The molecule has 4 heterocycles. The number of imidazole rings is 1. The van der Waals surface area contributed by atoms with Gasteiger partial charge in [0.15, 0.2) is 11.4 Å². The summed E-state index contributed by atoms with van der Waals surface area (Å²) in [6.07, 6.45) is 3.95. The van der Waals surface area contributed by atoms with Gasteiger partial charge in [-0.1, -0.05) is 18.2 Å². The average molecular weight is 348 g/mol. The number of hydrogen-bond acceptors (Lipinski definition) is 5. The van der Waals surface area contributed by atoms with Crippen molar-refractivity contribution in [2.45, 2.75) is 12.8 Å². The molecule has 0 aliphatic carbocycles. The van der Waals surface area contributed by atoms with Gasteiger partial charge in [0.1, 0.15) is 17.1 Å². The zero-order valence-corrected chi connectivity index (χ0v) is 14.4. The molecule has 1 fully saturated rings. The minimum atomic E-state index is 0.230. The first-order valence-corrected chi connectivity index (χ1v) is 9.01. The van der Waals surface area contributed by atoms with Crippen LogP contribution in [0.1, 0.15) is 12.8 Å². The monoisotopic (exact) mass is 348 g/mol. The van der Waals surface area contributed by atoms with Crippen LogP contribution >= 0.6 is 0 Å². The van der Waals surface area contributed by atoms with Crippen LogP contribution in [0.5, 0.6) is 0 Å². The average Bonchev–Trinajstić information content (AvgIpc) is 3.31. The number of anilines is 1. The first kappa shape index (κ1) is 15.4. The molecule has 1 atom stereocenters. The van der Waals surface area contributed by atoms with E-state index in [-0.39, 0.29) is 6.61 Å². The lowest BCUT2D eigenvalue weighted by atomic mass is 9.99. The van der Waals surface area contributed by atoms with Gasteiger partial charge >= 0.3 is 0 Å². The molecule has 0 spiro atoms. The van der Waals surface area contributed by atoms with E-state index >= 15 is 0 Å². The van der Waals surface area contributed by atoms with Gasteiger partial charge in [0.25, 0.3) is 0 Å². The molecule has 0 amide bonds. The zero-order chi connectivity index (χ0) is 17.5. The molecule has 132 valence electrons. The van der Waals surface area contributed by atoms with E-state index in [0.29, 0.717) is 5.92 Å². The Bertz CT molecular complexity index is 1030. The quantitative estimate of drug-likeness (QED) is 0.615. The Morgan fingerprint density at radius 2 is 2.12 bits per heavy atom. The SMILES string of the molecule is OC[C@H]1CCCN(c2ccc3ncc(-c4cc5ccccc5o4)n3n2)C1. The summed E-state index contributed by atoms with van der Waals surface area (Å²) < 4.78 is 7.84. The van der Waals surface area contributed by atoms with Crippen LogP contribution < -0.4 is 4.90 Å². The Morgan fingerprint density at radius 1 is 1.19 bits per heavy atom. The predicted molar refractivity (Wildman–Crippen MR) is 100 cm³/mol. The largest absolute Gasteiger partial charge is 0.454 e. The van der Waals surface area contributed by atoms with E-state index in [9.17, 15) is 5.11 Å². The van der Waals surface area contributed by atoms with Crippen molar-refractivity contribution >= 4 is 22.4 Å². The van der Waals surface area contributed by atoms with Crippen LogP contribution in [0.2, 0.25) is 0 Å². The van der Waals surface area contributed by atoms with Crippen LogP contribution in [0.3, 0.4) is 0 Å². The second kappa shape index (κ2) is 6.14. The number of fused-ring (bicyclic) bond motifs is 2. The van der Waals surface area contributed by atoms with Gasteiger partial charge in [-0.25, -0.2) is 9.50 Å².